The van der Waals surface area contributed by atoms with E-state index in [0.29, 0.717) is 12.1 Å². The highest BCUT2D eigenvalue weighted by molar-refractivity contribution is 5.98. The minimum Gasteiger partial charge on any atom is -0.351 e. The van der Waals surface area contributed by atoms with Gasteiger partial charge in [0.2, 0.25) is 0 Å². The quantitative estimate of drug-likeness (QED) is 0.869. The number of carbonyl (C=O) groups excluding carboxylic acids is 2. The van der Waals surface area contributed by atoms with E-state index in [-0.39, 0.29) is 23.0 Å². The lowest BCUT2D eigenvalue weighted by Crippen LogP contribution is -2.40. The summed E-state index contributed by atoms with van der Waals surface area (Å²) >= 11 is 0. The monoisotopic (exact) mass is 263 g/mol. The maximum atomic E-state index is 12.0. The Morgan fingerprint density at radius 2 is 1.95 bits per heavy atom. The van der Waals surface area contributed by atoms with E-state index in [2.05, 4.69) is 15.6 Å². The van der Waals surface area contributed by atoms with Gasteiger partial charge in [0, 0.05) is 23.8 Å². The van der Waals surface area contributed by atoms with Crippen molar-refractivity contribution in [2.45, 2.75) is 39.7 Å². The molecule has 1 rings (SSSR count). The predicted molar refractivity (Wildman–Crippen MR) is 74.1 cm³/mol. The molecule has 0 bridgehead atoms. The molecule has 104 valence electrons. The van der Waals surface area contributed by atoms with Crippen molar-refractivity contribution >= 4 is 11.8 Å². The molecular formula is C14H21N3O2. The maximum Gasteiger partial charge on any atom is 0.269 e. The zero-order chi connectivity index (χ0) is 14.5. The van der Waals surface area contributed by atoms with E-state index in [4.69, 9.17) is 0 Å². The van der Waals surface area contributed by atoms with Crippen LogP contribution in [0.15, 0.2) is 18.3 Å². The summed E-state index contributed by atoms with van der Waals surface area (Å²) < 4.78 is 0. The summed E-state index contributed by atoms with van der Waals surface area (Å²) in [6.07, 6.45) is 2.33. The molecule has 0 aliphatic rings. The lowest BCUT2D eigenvalue weighted by atomic mass is 10.1. The third-order valence-corrected chi connectivity index (χ3v) is 2.28. The molecule has 0 fully saturated rings. The van der Waals surface area contributed by atoms with E-state index in [1.165, 1.54) is 12.3 Å². The van der Waals surface area contributed by atoms with Crippen molar-refractivity contribution in [1.82, 2.24) is 15.6 Å². The van der Waals surface area contributed by atoms with Gasteiger partial charge in [-0.05, 0) is 39.3 Å². The zero-order valence-electron chi connectivity index (χ0n) is 11.9. The van der Waals surface area contributed by atoms with Crippen LogP contribution in [0.4, 0.5) is 0 Å². The van der Waals surface area contributed by atoms with Crippen molar-refractivity contribution in [2.24, 2.45) is 0 Å². The van der Waals surface area contributed by atoms with Crippen LogP contribution in [0.25, 0.3) is 0 Å². The second-order valence-electron chi connectivity index (χ2n) is 5.39. The first-order valence-corrected chi connectivity index (χ1v) is 6.40. The molecule has 19 heavy (non-hydrogen) atoms. The van der Waals surface area contributed by atoms with Crippen LogP contribution in [-0.4, -0.2) is 28.9 Å². The molecule has 0 aliphatic heterocycles. The summed E-state index contributed by atoms with van der Waals surface area (Å²) in [4.78, 5) is 27.7. The largest absolute Gasteiger partial charge is 0.351 e. The van der Waals surface area contributed by atoms with Crippen LogP contribution in [0.1, 0.15) is 55.0 Å². The number of nitrogens with one attached hydrogen (secondary N) is 2. The Hall–Kier alpha value is -1.91. The fourth-order valence-corrected chi connectivity index (χ4v) is 1.44. The standard InChI is InChI=1S/C14H21N3O2/c1-5-7-16-13(19)11-9-10(6-8-15-11)12(18)17-14(2,3)4/h6,8-9H,5,7H2,1-4H3,(H,16,19)(H,17,18). The molecule has 0 spiro atoms. The summed E-state index contributed by atoms with van der Waals surface area (Å²) in [6.45, 7) is 8.28. The fraction of sp³-hybridized carbons (Fsp3) is 0.500. The van der Waals surface area contributed by atoms with Crippen LogP contribution in [0.3, 0.4) is 0 Å². The Morgan fingerprint density at radius 1 is 1.26 bits per heavy atom. The van der Waals surface area contributed by atoms with Crippen LogP contribution >= 0.6 is 0 Å². The summed E-state index contributed by atoms with van der Waals surface area (Å²) in [5.74, 6) is -0.466. The molecule has 0 aliphatic carbocycles. The highest BCUT2D eigenvalue weighted by Crippen LogP contribution is 2.06. The summed E-state index contributed by atoms with van der Waals surface area (Å²) in [5, 5.41) is 5.58. The number of hydrogen-bond acceptors (Lipinski definition) is 3. The van der Waals surface area contributed by atoms with Crippen molar-refractivity contribution in [3.63, 3.8) is 0 Å². The topological polar surface area (TPSA) is 71.1 Å². The van der Waals surface area contributed by atoms with Crippen molar-refractivity contribution in [1.29, 1.82) is 0 Å². The number of hydrogen-bond donors (Lipinski definition) is 2. The zero-order valence-corrected chi connectivity index (χ0v) is 11.9. The number of pyridine rings is 1. The molecule has 0 radical (unpaired) electrons. The van der Waals surface area contributed by atoms with E-state index < -0.39 is 0 Å². The third kappa shape index (κ3) is 5.07. The smallest absolute Gasteiger partial charge is 0.269 e. The van der Waals surface area contributed by atoms with Crippen LogP contribution in [0.5, 0.6) is 0 Å². The highest BCUT2D eigenvalue weighted by atomic mass is 16.2. The molecular weight excluding hydrogens is 242 g/mol. The molecule has 1 aromatic heterocycles. The van der Waals surface area contributed by atoms with E-state index in [1.807, 2.05) is 27.7 Å². The normalized spacial score (nSPS) is 10.9. The van der Waals surface area contributed by atoms with Crippen molar-refractivity contribution in [2.75, 3.05) is 6.54 Å². The third-order valence-electron chi connectivity index (χ3n) is 2.28. The van der Waals surface area contributed by atoms with E-state index >= 15 is 0 Å². The minimum atomic E-state index is -0.314. The van der Waals surface area contributed by atoms with Gasteiger partial charge in [0.1, 0.15) is 5.69 Å². The van der Waals surface area contributed by atoms with Crippen LogP contribution in [-0.2, 0) is 0 Å². The van der Waals surface area contributed by atoms with Gasteiger partial charge in [0.15, 0.2) is 0 Å². The summed E-state index contributed by atoms with van der Waals surface area (Å²) in [5.41, 5.74) is 0.381. The number of carbonyl (C=O) groups is 2. The van der Waals surface area contributed by atoms with Gasteiger partial charge >= 0.3 is 0 Å². The van der Waals surface area contributed by atoms with Crippen LogP contribution in [0.2, 0.25) is 0 Å². The number of nitrogens with zero attached hydrogens (tertiary/aromatic N) is 1. The van der Waals surface area contributed by atoms with Gasteiger partial charge in [-0.1, -0.05) is 6.92 Å². The Bertz CT molecular complexity index is 464. The molecule has 5 nitrogen and oxygen atoms in total. The summed E-state index contributed by atoms with van der Waals surface area (Å²) in [6, 6.07) is 3.10. The molecule has 2 N–H and O–H groups in total. The molecule has 5 heteroatoms. The molecule has 1 heterocycles. The Kier molecular flexibility index (Phi) is 5.03. The lowest BCUT2D eigenvalue weighted by Gasteiger charge is -2.20. The molecule has 1 aromatic rings. The van der Waals surface area contributed by atoms with Gasteiger partial charge in [-0.3, -0.25) is 14.6 Å². The van der Waals surface area contributed by atoms with E-state index in [9.17, 15) is 9.59 Å². The molecule has 0 unspecified atom stereocenters. The first kappa shape index (κ1) is 15.1. The SMILES string of the molecule is CCCNC(=O)c1cc(C(=O)NC(C)(C)C)ccn1. The molecule has 0 atom stereocenters. The second-order valence-corrected chi connectivity index (χ2v) is 5.39. The van der Waals surface area contributed by atoms with Crippen molar-refractivity contribution in [3.8, 4) is 0 Å². The molecule has 0 aromatic carbocycles. The van der Waals surface area contributed by atoms with Gasteiger partial charge in [-0.15, -0.1) is 0 Å². The first-order valence-electron chi connectivity index (χ1n) is 6.40. The Labute approximate surface area is 113 Å². The van der Waals surface area contributed by atoms with Crippen molar-refractivity contribution in [3.05, 3.63) is 29.6 Å². The molecule has 2 amide bonds. The number of aromatic nitrogens is 1. The van der Waals surface area contributed by atoms with Gasteiger partial charge in [-0.25, -0.2) is 0 Å². The maximum absolute atomic E-state index is 12.0. The molecule has 0 saturated carbocycles. The van der Waals surface area contributed by atoms with Gasteiger partial charge < -0.3 is 10.6 Å². The lowest BCUT2D eigenvalue weighted by molar-refractivity contribution is 0.0919. The Morgan fingerprint density at radius 3 is 2.53 bits per heavy atom. The second kappa shape index (κ2) is 6.31. The average Bonchev–Trinajstić information content (AvgIpc) is 2.34. The van der Waals surface area contributed by atoms with E-state index in [0.717, 1.165) is 6.42 Å². The minimum absolute atomic E-state index is 0.209. The van der Waals surface area contributed by atoms with Crippen molar-refractivity contribution < 1.29 is 9.59 Å². The number of rotatable bonds is 4. The van der Waals surface area contributed by atoms with E-state index in [1.54, 1.807) is 6.07 Å². The van der Waals surface area contributed by atoms with Gasteiger partial charge in [-0.2, -0.15) is 0 Å². The number of amides is 2. The predicted octanol–water partition coefficient (Wildman–Crippen LogP) is 1.75. The van der Waals surface area contributed by atoms with Crippen LogP contribution in [0, 0.1) is 0 Å². The van der Waals surface area contributed by atoms with Gasteiger partial charge in [0.05, 0.1) is 0 Å². The molecule has 0 saturated heterocycles. The first-order chi connectivity index (χ1) is 8.83. The van der Waals surface area contributed by atoms with Gasteiger partial charge in [0.25, 0.3) is 11.8 Å². The fourth-order valence-electron chi connectivity index (χ4n) is 1.44. The van der Waals surface area contributed by atoms with Crippen LogP contribution < -0.4 is 10.6 Å². The Balaban J connectivity index is 2.82. The average molecular weight is 263 g/mol. The highest BCUT2D eigenvalue weighted by Gasteiger charge is 2.16. The summed E-state index contributed by atoms with van der Waals surface area (Å²) in [7, 11) is 0.